The highest BCUT2D eigenvalue weighted by Crippen LogP contribution is 2.40. The summed E-state index contributed by atoms with van der Waals surface area (Å²) < 4.78 is 5.37. The maximum absolute atomic E-state index is 10.8. The first-order valence-electron chi connectivity index (χ1n) is 8.40. The highest BCUT2D eigenvalue weighted by molar-refractivity contribution is 5.42. The molecule has 1 fully saturated rings. The fourth-order valence-corrected chi connectivity index (χ4v) is 3.81. The molecule has 1 aliphatic rings. The van der Waals surface area contributed by atoms with Gasteiger partial charge >= 0.3 is 0 Å². The Hall–Kier alpha value is -1.02. The minimum absolute atomic E-state index is 0.322. The molecule has 1 aromatic carbocycles. The van der Waals surface area contributed by atoms with Gasteiger partial charge in [0.25, 0.3) is 0 Å². The number of aliphatic hydroxyl groups is 1. The number of hydrogen-bond acceptors (Lipinski definition) is 2. The maximum atomic E-state index is 10.8. The van der Waals surface area contributed by atoms with Gasteiger partial charge in [0.2, 0.25) is 0 Å². The zero-order valence-electron chi connectivity index (χ0n) is 14.0. The monoisotopic (exact) mass is 290 g/mol. The average Bonchev–Trinajstić information content (AvgIpc) is 2.49. The Labute approximate surface area is 129 Å². The van der Waals surface area contributed by atoms with Crippen molar-refractivity contribution < 1.29 is 9.84 Å². The molecule has 2 heteroatoms. The minimum Gasteiger partial charge on any atom is -0.496 e. The molecule has 0 amide bonds. The molecule has 0 aromatic heterocycles. The lowest BCUT2D eigenvalue weighted by Crippen LogP contribution is -2.21. The number of aliphatic hydroxyl groups excluding tert-OH is 1. The van der Waals surface area contributed by atoms with E-state index in [9.17, 15) is 5.11 Å². The van der Waals surface area contributed by atoms with Crippen molar-refractivity contribution >= 4 is 0 Å². The van der Waals surface area contributed by atoms with Crippen LogP contribution in [0.2, 0.25) is 0 Å². The second-order valence-electron chi connectivity index (χ2n) is 6.69. The lowest BCUT2D eigenvalue weighted by molar-refractivity contribution is 0.0716. The summed E-state index contributed by atoms with van der Waals surface area (Å²) in [6.07, 6.45) is 7.20. The van der Waals surface area contributed by atoms with Crippen LogP contribution in [0.3, 0.4) is 0 Å². The predicted molar refractivity (Wildman–Crippen MR) is 87.8 cm³/mol. The molecule has 1 aromatic rings. The van der Waals surface area contributed by atoms with Gasteiger partial charge in [0.1, 0.15) is 5.75 Å². The van der Waals surface area contributed by atoms with Crippen molar-refractivity contribution in [3.8, 4) is 5.75 Å². The Bertz CT molecular complexity index is 459. The summed E-state index contributed by atoms with van der Waals surface area (Å²) in [4.78, 5) is 0. The topological polar surface area (TPSA) is 29.5 Å². The SMILES string of the molecule is CCCC1CCC(C(O)c2cc(C)c(OC)cc2C)CC1. The van der Waals surface area contributed by atoms with Crippen LogP contribution < -0.4 is 4.74 Å². The van der Waals surface area contributed by atoms with Crippen LogP contribution in [0, 0.1) is 25.7 Å². The largest absolute Gasteiger partial charge is 0.496 e. The summed E-state index contributed by atoms with van der Waals surface area (Å²) in [5, 5.41) is 10.8. The van der Waals surface area contributed by atoms with Crippen LogP contribution in [0.5, 0.6) is 5.75 Å². The number of hydrogen-bond donors (Lipinski definition) is 1. The summed E-state index contributed by atoms with van der Waals surface area (Å²) in [7, 11) is 1.70. The van der Waals surface area contributed by atoms with Crippen molar-refractivity contribution in [2.45, 2.75) is 65.4 Å². The normalized spacial score (nSPS) is 23.9. The molecule has 0 saturated heterocycles. The number of methoxy groups -OCH3 is 1. The number of aryl methyl sites for hydroxylation is 2. The van der Waals surface area contributed by atoms with Crippen LogP contribution in [0.25, 0.3) is 0 Å². The number of benzene rings is 1. The third-order valence-corrected chi connectivity index (χ3v) is 5.14. The third-order valence-electron chi connectivity index (χ3n) is 5.14. The van der Waals surface area contributed by atoms with E-state index in [1.54, 1.807) is 7.11 Å². The Morgan fingerprint density at radius 3 is 2.38 bits per heavy atom. The van der Waals surface area contributed by atoms with E-state index < -0.39 is 0 Å². The second-order valence-corrected chi connectivity index (χ2v) is 6.69. The van der Waals surface area contributed by atoms with Crippen LogP contribution in [0.15, 0.2) is 12.1 Å². The van der Waals surface area contributed by atoms with Gasteiger partial charge in [0, 0.05) is 0 Å². The van der Waals surface area contributed by atoms with Crippen LogP contribution in [0.4, 0.5) is 0 Å². The standard InChI is InChI=1S/C19H30O2/c1-5-6-15-7-9-16(10-8-15)19(20)17-11-14(3)18(21-4)12-13(17)2/h11-12,15-16,19-20H,5-10H2,1-4H3. The zero-order valence-corrected chi connectivity index (χ0v) is 14.0. The summed E-state index contributed by atoms with van der Waals surface area (Å²) in [6, 6.07) is 4.16. The molecule has 21 heavy (non-hydrogen) atoms. The van der Waals surface area contributed by atoms with E-state index in [-0.39, 0.29) is 6.10 Å². The van der Waals surface area contributed by atoms with E-state index in [0.29, 0.717) is 5.92 Å². The lowest BCUT2D eigenvalue weighted by Gasteiger charge is -2.32. The van der Waals surface area contributed by atoms with Gasteiger partial charge in [-0.2, -0.15) is 0 Å². The summed E-state index contributed by atoms with van der Waals surface area (Å²) >= 11 is 0. The first-order chi connectivity index (χ1) is 10.1. The van der Waals surface area contributed by atoms with E-state index in [4.69, 9.17) is 4.74 Å². The highest BCUT2D eigenvalue weighted by Gasteiger charge is 2.28. The molecular weight excluding hydrogens is 260 g/mol. The average molecular weight is 290 g/mol. The van der Waals surface area contributed by atoms with E-state index in [0.717, 1.165) is 41.2 Å². The molecule has 0 bridgehead atoms. The van der Waals surface area contributed by atoms with Crippen molar-refractivity contribution in [3.63, 3.8) is 0 Å². The van der Waals surface area contributed by atoms with Gasteiger partial charge < -0.3 is 9.84 Å². The molecule has 0 spiro atoms. The Balaban J connectivity index is 2.07. The molecule has 1 aliphatic carbocycles. The molecule has 1 atom stereocenters. The Kier molecular flexibility index (Phi) is 5.69. The quantitative estimate of drug-likeness (QED) is 0.831. The van der Waals surface area contributed by atoms with Crippen molar-refractivity contribution in [2.24, 2.45) is 11.8 Å². The molecule has 1 saturated carbocycles. The van der Waals surface area contributed by atoms with E-state index >= 15 is 0 Å². The Morgan fingerprint density at radius 2 is 1.81 bits per heavy atom. The van der Waals surface area contributed by atoms with Crippen molar-refractivity contribution in [1.29, 1.82) is 0 Å². The smallest absolute Gasteiger partial charge is 0.122 e. The van der Waals surface area contributed by atoms with Crippen LogP contribution >= 0.6 is 0 Å². The molecule has 1 unspecified atom stereocenters. The molecule has 2 rings (SSSR count). The molecule has 2 nitrogen and oxygen atoms in total. The van der Waals surface area contributed by atoms with Gasteiger partial charge in [0.05, 0.1) is 13.2 Å². The van der Waals surface area contributed by atoms with Crippen molar-refractivity contribution in [1.82, 2.24) is 0 Å². The number of rotatable bonds is 5. The lowest BCUT2D eigenvalue weighted by atomic mass is 9.76. The molecule has 118 valence electrons. The fraction of sp³-hybridized carbons (Fsp3) is 0.684. The van der Waals surface area contributed by atoms with Crippen LogP contribution in [-0.2, 0) is 0 Å². The van der Waals surface area contributed by atoms with E-state index in [1.165, 1.54) is 25.7 Å². The van der Waals surface area contributed by atoms with Gasteiger partial charge in [-0.05, 0) is 67.3 Å². The molecule has 1 N–H and O–H groups in total. The molecular formula is C19H30O2. The van der Waals surface area contributed by atoms with Gasteiger partial charge in [-0.25, -0.2) is 0 Å². The van der Waals surface area contributed by atoms with E-state index in [1.807, 2.05) is 6.92 Å². The van der Waals surface area contributed by atoms with Crippen LogP contribution in [0.1, 0.15) is 68.2 Å². The van der Waals surface area contributed by atoms with Gasteiger partial charge in [-0.1, -0.05) is 32.6 Å². The first-order valence-corrected chi connectivity index (χ1v) is 8.40. The van der Waals surface area contributed by atoms with Crippen molar-refractivity contribution in [2.75, 3.05) is 7.11 Å². The third kappa shape index (κ3) is 3.79. The molecule has 0 heterocycles. The van der Waals surface area contributed by atoms with Crippen LogP contribution in [-0.4, -0.2) is 12.2 Å². The molecule has 0 aliphatic heterocycles. The minimum atomic E-state index is -0.322. The Morgan fingerprint density at radius 1 is 1.14 bits per heavy atom. The zero-order chi connectivity index (χ0) is 15.4. The summed E-state index contributed by atoms with van der Waals surface area (Å²) in [5.74, 6) is 2.22. The van der Waals surface area contributed by atoms with Crippen molar-refractivity contribution in [3.05, 3.63) is 28.8 Å². The maximum Gasteiger partial charge on any atom is 0.122 e. The first kappa shape index (κ1) is 16.4. The van der Waals surface area contributed by atoms with Gasteiger partial charge in [-0.15, -0.1) is 0 Å². The van der Waals surface area contributed by atoms with Gasteiger partial charge in [0.15, 0.2) is 0 Å². The fourth-order valence-electron chi connectivity index (χ4n) is 3.81. The van der Waals surface area contributed by atoms with Gasteiger partial charge in [-0.3, -0.25) is 0 Å². The summed E-state index contributed by atoms with van der Waals surface area (Å²) in [5.41, 5.74) is 3.34. The van der Waals surface area contributed by atoms with E-state index in [2.05, 4.69) is 26.0 Å². The summed E-state index contributed by atoms with van der Waals surface area (Å²) in [6.45, 7) is 6.39. The second kappa shape index (κ2) is 7.31. The molecule has 0 radical (unpaired) electrons. The predicted octanol–water partition coefficient (Wildman–Crippen LogP) is 4.95. The number of ether oxygens (including phenoxy) is 1. The highest BCUT2D eigenvalue weighted by atomic mass is 16.5.